The number of furan rings is 1. The highest BCUT2D eigenvalue weighted by atomic mass is 19.1. The zero-order valence-electron chi connectivity index (χ0n) is 13.7. The zero-order valence-corrected chi connectivity index (χ0v) is 13.7. The van der Waals surface area contributed by atoms with Gasteiger partial charge in [-0.15, -0.1) is 0 Å². The largest absolute Gasteiger partial charge is 0.457 e. The minimum absolute atomic E-state index is 0.160. The maximum absolute atomic E-state index is 14.0. The van der Waals surface area contributed by atoms with Gasteiger partial charge in [-0.25, -0.2) is 4.39 Å². The van der Waals surface area contributed by atoms with Gasteiger partial charge in [-0.2, -0.15) is 5.10 Å². The third-order valence-electron chi connectivity index (χ3n) is 4.24. The lowest BCUT2D eigenvalue weighted by Crippen LogP contribution is -2.03. The summed E-state index contributed by atoms with van der Waals surface area (Å²) in [7, 11) is 0. The lowest BCUT2D eigenvalue weighted by Gasteiger charge is -2.05. The average molecular weight is 336 g/mol. The van der Waals surface area contributed by atoms with Gasteiger partial charge in [-0.3, -0.25) is 4.68 Å². The van der Waals surface area contributed by atoms with Crippen LogP contribution in [0.2, 0.25) is 0 Å². The fourth-order valence-corrected chi connectivity index (χ4v) is 2.96. The van der Waals surface area contributed by atoms with E-state index in [1.807, 2.05) is 31.2 Å². The molecule has 4 nitrogen and oxygen atoms in total. The molecular formula is C20H17FN2O2. The van der Waals surface area contributed by atoms with E-state index in [9.17, 15) is 9.50 Å². The third-order valence-corrected chi connectivity index (χ3v) is 4.24. The summed E-state index contributed by atoms with van der Waals surface area (Å²) in [4.78, 5) is 0. The Hall–Kier alpha value is -2.92. The number of aliphatic hydroxyl groups is 1. The lowest BCUT2D eigenvalue weighted by atomic mass is 10.1. The van der Waals surface area contributed by atoms with Gasteiger partial charge in [-0.1, -0.05) is 30.3 Å². The summed E-state index contributed by atoms with van der Waals surface area (Å²) in [5, 5.41) is 14.8. The van der Waals surface area contributed by atoms with Crippen molar-refractivity contribution in [2.75, 3.05) is 0 Å². The van der Waals surface area contributed by atoms with E-state index in [0.717, 1.165) is 16.5 Å². The molecule has 0 saturated heterocycles. The Kier molecular flexibility index (Phi) is 3.86. The lowest BCUT2D eigenvalue weighted by molar-refractivity contribution is 0.248. The number of benzene rings is 2. The predicted molar refractivity (Wildman–Crippen MR) is 93.6 cm³/mol. The second-order valence-electron chi connectivity index (χ2n) is 6.04. The van der Waals surface area contributed by atoms with Crippen molar-refractivity contribution in [2.24, 2.45) is 0 Å². The second-order valence-corrected chi connectivity index (χ2v) is 6.04. The first kappa shape index (κ1) is 15.6. The van der Waals surface area contributed by atoms with Crippen LogP contribution in [0.15, 0.2) is 59.0 Å². The molecule has 1 N–H and O–H groups in total. The molecule has 4 rings (SSSR count). The average Bonchev–Trinajstić information content (AvgIpc) is 3.21. The highest BCUT2D eigenvalue weighted by molar-refractivity contribution is 5.92. The Morgan fingerprint density at radius 2 is 1.96 bits per heavy atom. The smallest absolute Gasteiger partial charge is 0.155 e. The van der Waals surface area contributed by atoms with Crippen molar-refractivity contribution in [1.82, 2.24) is 9.78 Å². The maximum Gasteiger partial charge on any atom is 0.155 e. The normalized spacial score (nSPS) is 11.3. The summed E-state index contributed by atoms with van der Waals surface area (Å²) >= 11 is 0. The van der Waals surface area contributed by atoms with Gasteiger partial charge in [-0.05, 0) is 36.8 Å². The minimum Gasteiger partial charge on any atom is -0.457 e. The molecule has 0 aliphatic heterocycles. The number of nitrogens with zero attached hydrogens (tertiary/aromatic N) is 2. The van der Waals surface area contributed by atoms with Crippen molar-refractivity contribution in [3.63, 3.8) is 0 Å². The monoisotopic (exact) mass is 336 g/mol. The molecule has 2 heterocycles. The van der Waals surface area contributed by atoms with E-state index in [4.69, 9.17) is 4.42 Å². The van der Waals surface area contributed by atoms with Crippen molar-refractivity contribution in [1.29, 1.82) is 0 Å². The highest BCUT2D eigenvalue weighted by Crippen LogP contribution is 2.30. The molecule has 2 aromatic heterocycles. The number of aliphatic hydroxyl groups excluding tert-OH is 1. The van der Waals surface area contributed by atoms with E-state index in [2.05, 4.69) is 5.10 Å². The molecule has 0 fully saturated rings. The SMILES string of the molecule is Cc1ccc2c(-c3ccc(CO)o3)nn(Cc3ccccc3F)c2c1. The topological polar surface area (TPSA) is 51.2 Å². The van der Waals surface area contributed by atoms with Crippen molar-refractivity contribution in [3.05, 3.63) is 77.3 Å². The summed E-state index contributed by atoms with van der Waals surface area (Å²) < 4.78 is 21.5. The van der Waals surface area contributed by atoms with Gasteiger partial charge >= 0.3 is 0 Å². The molecule has 0 saturated carbocycles. The summed E-state index contributed by atoms with van der Waals surface area (Å²) in [5.41, 5.74) is 3.28. The quantitative estimate of drug-likeness (QED) is 0.605. The standard InChI is InChI=1S/C20H17FN2O2/c1-13-6-8-16-18(10-13)23(11-14-4-2-3-5-17(14)21)22-20(16)19-9-7-15(12-24)25-19/h2-10,24H,11-12H2,1H3. The van der Waals surface area contributed by atoms with Crippen molar-refractivity contribution in [2.45, 2.75) is 20.1 Å². The minimum atomic E-state index is -0.249. The second kappa shape index (κ2) is 6.18. The molecule has 25 heavy (non-hydrogen) atoms. The Balaban J connectivity index is 1.86. The molecule has 5 heteroatoms. The van der Waals surface area contributed by atoms with E-state index in [1.165, 1.54) is 6.07 Å². The molecule has 126 valence electrons. The molecule has 0 bridgehead atoms. The molecule has 0 unspecified atom stereocenters. The first-order valence-electron chi connectivity index (χ1n) is 8.06. The van der Waals surface area contributed by atoms with Crippen LogP contribution in [0, 0.1) is 12.7 Å². The molecule has 0 aliphatic carbocycles. The van der Waals surface area contributed by atoms with E-state index >= 15 is 0 Å². The number of halogens is 1. The van der Waals surface area contributed by atoms with E-state index < -0.39 is 0 Å². The molecule has 0 atom stereocenters. The van der Waals surface area contributed by atoms with Crippen LogP contribution in [0.5, 0.6) is 0 Å². The molecule has 0 amide bonds. The molecule has 2 aromatic carbocycles. The van der Waals surface area contributed by atoms with Gasteiger partial charge in [0.15, 0.2) is 5.76 Å². The zero-order chi connectivity index (χ0) is 17.4. The van der Waals surface area contributed by atoms with Crippen LogP contribution in [0.25, 0.3) is 22.4 Å². The van der Waals surface area contributed by atoms with Crippen LogP contribution in [0.3, 0.4) is 0 Å². The summed E-state index contributed by atoms with van der Waals surface area (Å²) in [6, 6.07) is 16.3. The van der Waals surface area contributed by atoms with Crippen molar-refractivity contribution >= 4 is 10.9 Å². The van der Waals surface area contributed by atoms with Gasteiger partial charge in [0.25, 0.3) is 0 Å². The predicted octanol–water partition coefficient (Wildman–Crippen LogP) is 4.28. The summed E-state index contributed by atoms with van der Waals surface area (Å²) in [6.07, 6.45) is 0. The van der Waals surface area contributed by atoms with E-state index in [0.29, 0.717) is 29.3 Å². The maximum atomic E-state index is 14.0. The molecule has 0 spiro atoms. The van der Waals surface area contributed by atoms with Gasteiger partial charge in [0, 0.05) is 10.9 Å². The number of aryl methyl sites for hydroxylation is 1. The Morgan fingerprint density at radius 1 is 1.12 bits per heavy atom. The molecular weight excluding hydrogens is 319 g/mol. The van der Waals surface area contributed by atoms with Crippen molar-refractivity contribution in [3.8, 4) is 11.5 Å². The Morgan fingerprint density at radius 3 is 2.72 bits per heavy atom. The first-order valence-corrected chi connectivity index (χ1v) is 8.06. The van der Waals surface area contributed by atoms with E-state index in [-0.39, 0.29) is 12.4 Å². The highest BCUT2D eigenvalue weighted by Gasteiger charge is 2.16. The van der Waals surface area contributed by atoms with Gasteiger partial charge in [0.1, 0.15) is 23.9 Å². The van der Waals surface area contributed by atoms with Gasteiger partial charge in [0.2, 0.25) is 0 Å². The van der Waals surface area contributed by atoms with Crippen molar-refractivity contribution < 1.29 is 13.9 Å². The molecule has 0 radical (unpaired) electrons. The molecule has 4 aromatic rings. The van der Waals surface area contributed by atoms with Crippen LogP contribution in [0.4, 0.5) is 4.39 Å². The fraction of sp³-hybridized carbons (Fsp3) is 0.150. The van der Waals surface area contributed by atoms with E-state index in [1.54, 1.807) is 28.9 Å². The first-order chi connectivity index (χ1) is 12.2. The van der Waals surface area contributed by atoms with Crippen LogP contribution in [-0.4, -0.2) is 14.9 Å². The summed E-state index contributed by atoms with van der Waals surface area (Å²) in [6.45, 7) is 2.18. The van der Waals surface area contributed by atoms with Crippen LogP contribution < -0.4 is 0 Å². The number of hydrogen-bond acceptors (Lipinski definition) is 3. The fourth-order valence-electron chi connectivity index (χ4n) is 2.96. The van der Waals surface area contributed by atoms with Crippen LogP contribution in [0.1, 0.15) is 16.9 Å². The number of aromatic nitrogens is 2. The Labute approximate surface area is 144 Å². The Bertz CT molecular complexity index is 1050. The molecule has 0 aliphatic rings. The van der Waals surface area contributed by atoms with Gasteiger partial charge in [0.05, 0.1) is 12.1 Å². The van der Waals surface area contributed by atoms with Crippen LogP contribution in [-0.2, 0) is 13.2 Å². The van der Waals surface area contributed by atoms with Gasteiger partial charge < -0.3 is 9.52 Å². The number of hydrogen-bond donors (Lipinski definition) is 1. The van der Waals surface area contributed by atoms with Crippen LogP contribution >= 0.6 is 0 Å². The number of rotatable bonds is 4. The third kappa shape index (κ3) is 2.83. The number of fused-ring (bicyclic) bond motifs is 1. The summed E-state index contributed by atoms with van der Waals surface area (Å²) in [5.74, 6) is 0.824.